The summed E-state index contributed by atoms with van der Waals surface area (Å²) in [6.45, 7) is 0.505. The van der Waals surface area contributed by atoms with Crippen LogP contribution in [0.4, 0.5) is 11.4 Å². The molecule has 7 heteroatoms. The second kappa shape index (κ2) is 5.69. The zero-order valence-corrected chi connectivity index (χ0v) is 11.2. The standard InChI is InChI=1S/C12H8ClN3O2S/c13-11-2-1-9(4-12(11)16(17)18)15-6-10-3-8(5-14)7-19-10/h1-4,7,15H,6H2. The lowest BCUT2D eigenvalue weighted by Gasteiger charge is -2.05. The van der Waals surface area contributed by atoms with E-state index in [9.17, 15) is 10.1 Å². The van der Waals surface area contributed by atoms with E-state index in [4.69, 9.17) is 16.9 Å². The molecule has 0 saturated heterocycles. The van der Waals surface area contributed by atoms with Crippen molar-refractivity contribution in [2.75, 3.05) is 5.32 Å². The Labute approximate surface area is 118 Å². The summed E-state index contributed by atoms with van der Waals surface area (Å²) in [6.07, 6.45) is 0. The maximum absolute atomic E-state index is 10.7. The van der Waals surface area contributed by atoms with E-state index in [2.05, 4.69) is 11.4 Å². The number of nitrogens with zero attached hydrogens (tertiary/aromatic N) is 2. The molecule has 0 amide bonds. The number of anilines is 1. The first kappa shape index (κ1) is 13.3. The SMILES string of the molecule is N#Cc1csc(CNc2ccc(Cl)c([N+](=O)[O-])c2)c1. The van der Waals surface area contributed by atoms with Crippen molar-refractivity contribution in [3.8, 4) is 6.07 Å². The molecule has 0 aliphatic heterocycles. The lowest BCUT2D eigenvalue weighted by molar-refractivity contribution is -0.384. The van der Waals surface area contributed by atoms with Crippen molar-refractivity contribution >= 4 is 34.3 Å². The molecule has 1 heterocycles. The summed E-state index contributed by atoms with van der Waals surface area (Å²) in [7, 11) is 0. The van der Waals surface area contributed by atoms with Gasteiger partial charge >= 0.3 is 0 Å². The zero-order chi connectivity index (χ0) is 13.8. The molecule has 0 aliphatic carbocycles. The van der Waals surface area contributed by atoms with Crippen LogP contribution >= 0.6 is 22.9 Å². The number of benzene rings is 1. The summed E-state index contributed by atoms with van der Waals surface area (Å²) in [5, 5.41) is 24.4. The molecule has 2 aromatic rings. The van der Waals surface area contributed by atoms with Gasteiger partial charge in [0.25, 0.3) is 5.69 Å². The minimum absolute atomic E-state index is 0.110. The highest BCUT2D eigenvalue weighted by atomic mass is 35.5. The first-order chi connectivity index (χ1) is 9.10. The highest BCUT2D eigenvalue weighted by Gasteiger charge is 2.12. The van der Waals surface area contributed by atoms with Crippen LogP contribution < -0.4 is 5.32 Å². The van der Waals surface area contributed by atoms with Crippen molar-refractivity contribution in [3.63, 3.8) is 0 Å². The minimum atomic E-state index is -0.521. The van der Waals surface area contributed by atoms with Crippen molar-refractivity contribution in [2.45, 2.75) is 6.54 Å². The molecular formula is C12H8ClN3O2S. The maximum Gasteiger partial charge on any atom is 0.289 e. The van der Waals surface area contributed by atoms with Crippen LogP contribution in [0.1, 0.15) is 10.4 Å². The Balaban J connectivity index is 2.09. The fraction of sp³-hybridized carbons (Fsp3) is 0.0833. The zero-order valence-electron chi connectivity index (χ0n) is 9.59. The van der Waals surface area contributed by atoms with E-state index in [1.54, 1.807) is 17.5 Å². The number of hydrogen-bond donors (Lipinski definition) is 1. The normalized spacial score (nSPS) is 9.89. The largest absolute Gasteiger partial charge is 0.380 e. The van der Waals surface area contributed by atoms with Crippen molar-refractivity contribution < 1.29 is 4.92 Å². The predicted molar refractivity (Wildman–Crippen MR) is 74.5 cm³/mol. The van der Waals surface area contributed by atoms with E-state index in [0.29, 0.717) is 17.8 Å². The highest BCUT2D eigenvalue weighted by molar-refractivity contribution is 7.10. The summed E-state index contributed by atoms with van der Waals surface area (Å²) in [5.74, 6) is 0. The van der Waals surface area contributed by atoms with E-state index in [1.165, 1.54) is 23.5 Å². The van der Waals surface area contributed by atoms with E-state index in [0.717, 1.165) is 4.88 Å². The average Bonchev–Trinajstić information content (AvgIpc) is 2.85. The van der Waals surface area contributed by atoms with Crippen molar-refractivity contribution in [2.24, 2.45) is 0 Å². The fourth-order valence-electron chi connectivity index (χ4n) is 1.48. The topological polar surface area (TPSA) is 79.0 Å². The third kappa shape index (κ3) is 3.22. The number of nitro benzene ring substituents is 1. The van der Waals surface area contributed by atoms with Crippen molar-refractivity contribution in [1.29, 1.82) is 5.26 Å². The number of rotatable bonds is 4. The molecule has 19 heavy (non-hydrogen) atoms. The average molecular weight is 294 g/mol. The van der Waals surface area contributed by atoms with Gasteiger partial charge in [-0.05, 0) is 18.2 Å². The Morgan fingerprint density at radius 1 is 1.47 bits per heavy atom. The van der Waals surface area contributed by atoms with Gasteiger partial charge in [-0.2, -0.15) is 5.26 Å². The van der Waals surface area contributed by atoms with E-state index in [-0.39, 0.29) is 10.7 Å². The van der Waals surface area contributed by atoms with Crippen LogP contribution in [0.2, 0.25) is 5.02 Å². The van der Waals surface area contributed by atoms with Gasteiger partial charge in [-0.3, -0.25) is 10.1 Å². The molecule has 1 aromatic heterocycles. The Morgan fingerprint density at radius 2 is 2.26 bits per heavy atom. The lowest BCUT2D eigenvalue weighted by atomic mass is 10.2. The number of nitrogens with one attached hydrogen (secondary N) is 1. The molecule has 0 bridgehead atoms. The third-order valence-electron chi connectivity index (χ3n) is 2.39. The molecule has 0 aliphatic rings. The predicted octanol–water partition coefficient (Wildman–Crippen LogP) is 3.79. The summed E-state index contributed by atoms with van der Waals surface area (Å²) in [6, 6.07) is 8.38. The Bertz CT molecular complexity index is 663. The molecule has 5 nitrogen and oxygen atoms in total. The maximum atomic E-state index is 10.7. The molecule has 0 unspecified atom stereocenters. The molecule has 96 valence electrons. The van der Waals surface area contributed by atoms with Gasteiger partial charge in [-0.1, -0.05) is 11.6 Å². The second-order valence-electron chi connectivity index (χ2n) is 3.69. The van der Waals surface area contributed by atoms with Gasteiger partial charge in [-0.25, -0.2) is 0 Å². The summed E-state index contributed by atoms with van der Waals surface area (Å²) >= 11 is 7.19. The smallest absolute Gasteiger partial charge is 0.289 e. The van der Waals surface area contributed by atoms with Crippen LogP contribution in [-0.4, -0.2) is 4.92 Å². The number of halogens is 1. The van der Waals surface area contributed by atoms with E-state index < -0.39 is 4.92 Å². The molecule has 0 spiro atoms. The van der Waals surface area contributed by atoms with Gasteiger partial charge in [0.2, 0.25) is 0 Å². The molecule has 1 N–H and O–H groups in total. The van der Waals surface area contributed by atoms with Crippen molar-refractivity contribution in [3.05, 3.63) is 55.2 Å². The molecule has 0 fully saturated rings. The van der Waals surface area contributed by atoms with Crippen LogP contribution in [0.25, 0.3) is 0 Å². The monoisotopic (exact) mass is 293 g/mol. The lowest BCUT2D eigenvalue weighted by Crippen LogP contribution is -1.98. The van der Waals surface area contributed by atoms with Gasteiger partial charge in [-0.15, -0.1) is 11.3 Å². The van der Waals surface area contributed by atoms with Crippen LogP contribution in [0, 0.1) is 21.4 Å². The van der Waals surface area contributed by atoms with E-state index >= 15 is 0 Å². The molecule has 0 saturated carbocycles. The molecule has 1 aromatic carbocycles. The summed E-state index contributed by atoms with van der Waals surface area (Å²) in [5.41, 5.74) is 1.10. The minimum Gasteiger partial charge on any atom is -0.380 e. The van der Waals surface area contributed by atoms with Crippen LogP contribution in [-0.2, 0) is 6.54 Å². The quantitative estimate of drug-likeness (QED) is 0.687. The highest BCUT2D eigenvalue weighted by Crippen LogP contribution is 2.27. The van der Waals surface area contributed by atoms with Gasteiger partial charge in [0, 0.05) is 28.6 Å². The van der Waals surface area contributed by atoms with Crippen LogP contribution in [0.3, 0.4) is 0 Å². The summed E-state index contributed by atoms with van der Waals surface area (Å²) in [4.78, 5) is 11.2. The molecular weight excluding hydrogens is 286 g/mol. The molecule has 0 radical (unpaired) electrons. The fourth-order valence-corrected chi connectivity index (χ4v) is 2.42. The second-order valence-corrected chi connectivity index (χ2v) is 5.09. The number of nitriles is 1. The first-order valence-corrected chi connectivity index (χ1v) is 6.51. The number of hydrogen-bond acceptors (Lipinski definition) is 5. The van der Waals surface area contributed by atoms with Crippen molar-refractivity contribution in [1.82, 2.24) is 0 Å². The molecule has 0 atom stereocenters. The van der Waals surface area contributed by atoms with Crippen LogP contribution in [0.15, 0.2) is 29.6 Å². The number of nitro groups is 1. The van der Waals surface area contributed by atoms with Gasteiger partial charge < -0.3 is 5.32 Å². The van der Waals surface area contributed by atoms with Crippen LogP contribution in [0.5, 0.6) is 0 Å². The van der Waals surface area contributed by atoms with Gasteiger partial charge in [0.15, 0.2) is 0 Å². The Hall–Kier alpha value is -2.10. The molecule has 2 rings (SSSR count). The van der Waals surface area contributed by atoms with Gasteiger partial charge in [0.05, 0.1) is 10.5 Å². The van der Waals surface area contributed by atoms with E-state index in [1.807, 2.05) is 0 Å². The Kier molecular flexibility index (Phi) is 4.00. The number of thiophene rings is 1. The Morgan fingerprint density at radius 3 is 2.89 bits per heavy atom. The summed E-state index contributed by atoms with van der Waals surface area (Å²) < 4.78 is 0. The first-order valence-electron chi connectivity index (χ1n) is 5.25. The third-order valence-corrected chi connectivity index (χ3v) is 3.65. The van der Waals surface area contributed by atoms with Gasteiger partial charge in [0.1, 0.15) is 11.1 Å².